The Balaban J connectivity index is 1.64. The molecule has 2 N–H and O–H groups in total. The highest BCUT2D eigenvalue weighted by atomic mass is 79.9. The van der Waals surface area contributed by atoms with Crippen LogP contribution >= 0.6 is 15.9 Å². The summed E-state index contributed by atoms with van der Waals surface area (Å²) in [4.78, 5) is 0. The zero-order chi connectivity index (χ0) is 29.3. The van der Waals surface area contributed by atoms with Crippen molar-refractivity contribution < 1.29 is 29.2 Å². The Bertz CT molecular complexity index is 1150. The van der Waals surface area contributed by atoms with Crippen LogP contribution in [0.1, 0.15) is 78.1 Å². The van der Waals surface area contributed by atoms with Crippen LogP contribution in [-0.2, 0) is 9.47 Å². The van der Waals surface area contributed by atoms with E-state index in [1.165, 1.54) is 38.5 Å². The van der Waals surface area contributed by atoms with Gasteiger partial charge >= 0.3 is 0 Å². The molecular weight excluding hydrogens is 584 g/mol. The van der Waals surface area contributed by atoms with Crippen molar-refractivity contribution in [2.24, 2.45) is 0 Å². The molecule has 6 nitrogen and oxygen atoms in total. The fraction of sp³-hybridized carbons (Fsp3) is 0.588. The first-order valence-electron chi connectivity index (χ1n) is 15.5. The van der Waals surface area contributed by atoms with Crippen molar-refractivity contribution in [3.63, 3.8) is 0 Å². The second kappa shape index (κ2) is 19.3. The smallest absolute Gasteiger partial charge is 0.135 e. The van der Waals surface area contributed by atoms with Gasteiger partial charge in [-0.3, -0.25) is 0 Å². The molecule has 2 unspecified atom stereocenters. The van der Waals surface area contributed by atoms with E-state index < -0.39 is 12.2 Å². The summed E-state index contributed by atoms with van der Waals surface area (Å²) in [5.74, 6) is 1.39. The quantitative estimate of drug-likeness (QED) is 0.0858. The minimum Gasteiger partial charge on any atom is -0.489 e. The monoisotopic (exact) mass is 632 g/mol. The van der Waals surface area contributed by atoms with Crippen LogP contribution in [0.2, 0.25) is 0 Å². The number of benzene rings is 3. The maximum Gasteiger partial charge on any atom is 0.135 e. The molecule has 0 aliphatic carbocycles. The van der Waals surface area contributed by atoms with E-state index in [0.717, 1.165) is 51.7 Å². The van der Waals surface area contributed by atoms with Gasteiger partial charge in [0.2, 0.25) is 0 Å². The van der Waals surface area contributed by atoms with E-state index in [1.807, 2.05) is 42.5 Å². The van der Waals surface area contributed by atoms with Crippen LogP contribution in [-0.4, -0.2) is 62.1 Å². The molecule has 3 aromatic rings. The van der Waals surface area contributed by atoms with Gasteiger partial charge in [-0.25, -0.2) is 0 Å². The minimum absolute atomic E-state index is 0.121. The normalized spacial score (nSPS) is 13.1. The van der Waals surface area contributed by atoms with E-state index in [-0.39, 0.29) is 26.4 Å². The van der Waals surface area contributed by atoms with Gasteiger partial charge in [-0.05, 0) is 31.0 Å². The van der Waals surface area contributed by atoms with Crippen molar-refractivity contribution in [3.8, 4) is 11.5 Å². The van der Waals surface area contributed by atoms with Crippen molar-refractivity contribution in [2.75, 3.05) is 39.6 Å². The van der Waals surface area contributed by atoms with E-state index in [4.69, 9.17) is 18.9 Å². The summed E-state index contributed by atoms with van der Waals surface area (Å²) in [5, 5.41) is 24.7. The molecule has 0 heterocycles. The van der Waals surface area contributed by atoms with Crippen LogP contribution in [0.25, 0.3) is 21.5 Å². The first-order valence-corrected chi connectivity index (χ1v) is 16.3. The molecule has 0 aliphatic heterocycles. The second-order valence-electron chi connectivity index (χ2n) is 10.8. The molecule has 228 valence electrons. The number of halogens is 1. The van der Waals surface area contributed by atoms with Gasteiger partial charge in [-0.15, -0.1) is 0 Å². The van der Waals surface area contributed by atoms with Crippen LogP contribution < -0.4 is 9.47 Å². The van der Waals surface area contributed by atoms with Gasteiger partial charge in [0.15, 0.2) is 0 Å². The van der Waals surface area contributed by atoms with Crippen molar-refractivity contribution >= 4 is 37.5 Å². The first-order chi connectivity index (χ1) is 20.0. The predicted octanol–water partition coefficient (Wildman–Crippen LogP) is 8.21. The average molecular weight is 634 g/mol. The van der Waals surface area contributed by atoms with Gasteiger partial charge in [-0.2, -0.15) is 0 Å². The topological polar surface area (TPSA) is 77.4 Å². The number of aliphatic hydroxyl groups is 2. The molecule has 0 radical (unpaired) electrons. The molecule has 0 saturated heterocycles. The fourth-order valence-electron chi connectivity index (χ4n) is 4.89. The lowest BCUT2D eigenvalue weighted by Crippen LogP contribution is -2.24. The molecule has 0 aromatic heterocycles. The number of aliphatic hydroxyl groups excluding tert-OH is 2. The van der Waals surface area contributed by atoms with Gasteiger partial charge < -0.3 is 29.2 Å². The molecule has 0 aliphatic rings. The standard InChI is InChI=1S/C34H49BrO6/c1-3-5-7-9-13-19-38-22-27(36)24-40-33-29-15-11-12-16-30(29)34(32-21-26(35)17-18-31(32)33)41-25-28(37)23-39-20-14-10-8-6-4-2/h11-12,15-18,21,27-28,36-37H,3-10,13-14,19-20,22-25H2,1-2H3. The molecule has 3 rings (SSSR count). The number of hydrogen-bond acceptors (Lipinski definition) is 6. The lowest BCUT2D eigenvalue weighted by atomic mass is 10.0. The SMILES string of the molecule is CCCCCCCOCC(O)COc1c2ccccc2c(OCC(O)COCCCCCCC)c2cc(Br)ccc12. The highest BCUT2D eigenvalue weighted by Gasteiger charge is 2.19. The Kier molecular flexibility index (Phi) is 15.8. The van der Waals surface area contributed by atoms with Crippen molar-refractivity contribution in [1.82, 2.24) is 0 Å². The number of fused-ring (bicyclic) bond motifs is 2. The molecule has 0 bridgehead atoms. The van der Waals surface area contributed by atoms with Gasteiger partial charge in [0.05, 0.1) is 13.2 Å². The molecule has 0 spiro atoms. The Hall–Kier alpha value is -1.90. The predicted molar refractivity (Wildman–Crippen MR) is 171 cm³/mol. The molecule has 2 atom stereocenters. The molecule has 0 fully saturated rings. The van der Waals surface area contributed by atoms with Crippen molar-refractivity contribution in [1.29, 1.82) is 0 Å². The third-order valence-electron chi connectivity index (χ3n) is 7.13. The maximum absolute atomic E-state index is 10.6. The Morgan fingerprint density at radius 2 is 1.05 bits per heavy atom. The van der Waals surface area contributed by atoms with Gasteiger partial charge in [0, 0.05) is 39.2 Å². The Labute approximate surface area is 254 Å². The van der Waals surface area contributed by atoms with Gasteiger partial charge in [0.1, 0.15) is 36.9 Å². The van der Waals surface area contributed by atoms with E-state index in [1.54, 1.807) is 0 Å². The van der Waals surface area contributed by atoms with E-state index in [2.05, 4.69) is 29.8 Å². The zero-order valence-corrected chi connectivity index (χ0v) is 26.5. The van der Waals surface area contributed by atoms with Crippen LogP contribution in [0, 0.1) is 0 Å². The summed E-state index contributed by atoms with van der Waals surface area (Å²) in [6.45, 7) is 6.45. The summed E-state index contributed by atoms with van der Waals surface area (Å²) >= 11 is 3.59. The fourth-order valence-corrected chi connectivity index (χ4v) is 5.25. The minimum atomic E-state index is -0.732. The summed E-state index contributed by atoms with van der Waals surface area (Å²) in [7, 11) is 0. The van der Waals surface area contributed by atoms with Gasteiger partial charge in [-0.1, -0.05) is 105 Å². The van der Waals surface area contributed by atoms with Crippen LogP contribution in [0.4, 0.5) is 0 Å². The third-order valence-corrected chi connectivity index (χ3v) is 7.63. The van der Waals surface area contributed by atoms with Crippen LogP contribution in [0.15, 0.2) is 46.9 Å². The summed E-state index contributed by atoms with van der Waals surface area (Å²) in [5.41, 5.74) is 0. The zero-order valence-electron chi connectivity index (χ0n) is 24.9. The highest BCUT2D eigenvalue weighted by molar-refractivity contribution is 9.10. The second-order valence-corrected chi connectivity index (χ2v) is 11.7. The Morgan fingerprint density at radius 3 is 1.56 bits per heavy atom. The first kappa shape index (κ1) is 33.6. The number of rotatable bonds is 22. The van der Waals surface area contributed by atoms with Crippen LogP contribution in [0.3, 0.4) is 0 Å². The van der Waals surface area contributed by atoms with E-state index in [0.29, 0.717) is 24.7 Å². The molecular formula is C34H49BrO6. The molecule has 3 aromatic carbocycles. The largest absolute Gasteiger partial charge is 0.489 e. The summed E-state index contributed by atoms with van der Waals surface area (Å²) in [6, 6.07) is 13.9. The molecule has 7 heteroatoms. The number of hydrogen-bond donors (Lipinski definition) is 2. The third kappa shape index (κ3) is 11.4. The lowest BCUT2D eigenvalue weighted by Gasteiger charge is -2.20. The average Bonchev–Trinajstić information content (AvgIpc) is 2.97. The van der Waals surface area contributed by atoms with Crippen LogP contribution in [0.5, 0.6) is 11.5 Å². The van der Waals surface area contributed by atoms with E-state index in [9.17, 15) is 10.2 Å². The summed E-state index contributed by atoms with van der Waals surface area (Å²) < 4.78 is 24.8. The van der Waals surface area contributed by atoms with E-state index >= 15 is 0 Å². The number of ether oxygens (including phenoxy) is 4. The van der Waals surface area contributed by atoms with Gasteiger partial charge in [0.25, 0.3) is 0 Å². The molecule has 0 saturated carbocycles. The van der Waals surface area contributed by atoms with Crippen molar-refractivity contribution in [2.45, 2.75) is 90.3 Å². The highest BCUT2D eigenvalue weighted by Crippen LogP contribution is 2.43. The maximum atomic E-state index is 10.6. The Morgan fingerprint density at radius 1 is 0.585 bits per heavy atom. The lowest BCUT2D eigenvalue weighted by molar-refractivity contribution is 0.0111. The summed E-state index contributed by atoms with van der Waals surface area (Å²) in [6.07, 6.45) is 10.3. The number of unbranched alkanes of at least 4 members (excludes halogenated alkanes) is 8. The molecule has 41 heavy (non-hydrogen) atoms. The van der Waals surface area contributed by atoms with Crippen molar-refractivity contribution in [3.05, 3.63) is 46.9 Å². The molecule has 0 amide bonds.